The quantitative estimate of drug-likeness (QED) is 0.383. The Morgan fingerprint density at radius 1 is 1.13 bits per heavy atom. The van der Waals surface area contributed by atoms with Crippen molar-refractivity contribution < 1.29 is 33.5 Å². The van der Waals surface area contributed by atoms with Gasteiger partial charge in [-0.3, -0.25) is 33.9 Å². The molecule has 12 heteroatoms. The van der Waals surface area contributed by atoms with Crippen LogP contribution >= 0.6 is 0 Å². The molecule has 2 aliphatic heterocycles. The molecule has 3 aliphatic rings. The predicted octanol–water partition coefficient (Wildman–Crippen LogP) is 0.919. The molecule has 2 fully saturated rings. The number of nitrogens with zero attached hydrogens (tertiary/aromatic N) is 3. The molecule has 4 atom stereocenters. The summed E-state index contributed by atoms with van der Waals surface area (Å²) in [5.74, 6) is -5.49. The van der Waals surface area contributed by atoms with E-state index >= 15 is 0 Å². The van der Waals surface area contributed by atoms with E-state index in [0.717, 1.165) is 4.90 Å². The number of pyridine rings is 1. The molecule has 208 valence electrons. The van der Waals surface area contributed by atoms with Crippen LogP contribution in [0.15, 0.2) is 35.5 Å². The van der Waals surface area contributed by atoms with Gasteiger partial charge in [-0.15, -0.1) is 0 Å². The van der Waals surface area contributed by atoms with Gasteiger partial charge in [0.2, 0.25) is 17.7 Å². The summed E-state index contributed by atoms with van der Waals surface area (Å²) in [6.45, 7) is 4.55. The fraction of sp³-hybridized carbons (Fsp3) is 0.519. The normalized spacial score (nSPS) is 26.3. The Labute approximate surface area is 226 Å². The first kappa shape index (κ1) is 27.9. The van der Waals surface area contributed by atoms with Crippen molar-refractivity contribution in [3.8, 4) is 0 Å². The fourth-order valence-electron chi connectivity index (χ4n) is 6.21. The van der Waals surface area contributed by atoms with Crippen LogP contribution in [0.25, 0.3) is 0 Å². The van der Waals surface area contributed by atoms with Gasteiger partial charge in [0.25, 0.3) is 5.91 Å². The van der Waals surface area contributed by atoms with Crippen LogP contribution in [0.1, 0.15) is 45.7 Å². The number of rotatable bonds is 7. The van der Waals surface area contributed by atoms with Gasteiger partial charge in [0.1, 0.15) is 12.1 Å². The summed E-state index contributed by atoms with van der Waals surface area (Å²) in [5.41, 5.74) is -0.435. The molecule has 0 unspecified atom stereocenters. The van der Waals surface area contributed by atoms with Crippen molar-refractivity contribution in [1.82, 2.24) is 25.4 Å². The second-order valence-electron chi connectivity index (χ2n) is 9.95. The van der Waals surface area contributed by atoms with Gasteiger partial charge in [0.15, 0.2) is 0 Å². The Hall–Kier alpha value is -4.09. The predicted molar refractivity (Wildman–Crippen MR) is 136 cm³/mol. The average molecular weight is 540 g/mol. The van der Waals surface area contributed by atoms with Gasteiger partial charge in [-0.1, -0.05) is 18.6 Å². The lowest BCUT2D eigenvalue weighted by Gasteiger charge is -2.52. The van der Waals surface area contributed by atoms with Crippen molar-refractivity contribution in [2.24, 2.45) is 17.8 Å². The molecule has 0 aromatic carbocycles. The first-order valence-electron chi connectivity index (χ1n) is 13.1. The lowest BCUT2D eigenvalue weighted by molar-refractivity contribution is -0.151. The molecular weight excluding hydrogens is 506 g/mol. The number of imide groups is 2. The lowest BCUT2D eigenvalue weighted by atomic mass is 9.59. The van der Waals surface area contributed by atoms with Gasteiger partial charge in [-0.25, -0.2) is 9.69 Å². The first-order chi connectivity index (χ1) is 18.6. The highest BCUT2D eigenvalue weighted by Crippen LogP contribution is 2.54. The molecule has 2 N–H and O–H groups in total. The van der Waals surface area contributed by atoms with E-state index in [9.17, 15) is 28.8 Å². The molecule has 1 aromatic rings. The van der Waals surface area contributed by atoms with E-state index in [1.807, 2.05) is 0 Å². The standard InChI is InChI=1S/C27H33N5O7/c1-5-16-17-10-11-18-20(24(36)31(6-2)22(18)34)21(17)27(3,25(37)29-14-19(33)39-4)32(23(16)35)26(38)30-13-15-9-7-8-12-28-15/h7-9,12,18,20-21H,5-6,10-11,13-14H2,1-4H3,(H,29,37)(H,30,38)/t18-,20-,21+,27+/m1/s1. The van der Waals surface area contributed by atoms with Crippen molar-refractivity contribution >= 4 is 35.6 Å². The van der Waals surface area contributed by atoms with E-state index < -0.39 is 59.6 Å². The molecule has 12 nitrogen and oxygen atoms in total. The molecule has 1 aromatic heterocycles. The number of hydrogen-bond acceptors (Lipinski definition) is 8. The van der Waals surface area contributed by atoms with Crippen LogP contribution in [-0.4, -0.2) is 76.2 Å². The number of ether oxygens (including phenoxy) is 1. The number of hydrogen-bond donors (Lipinski definition) is 2. The van der Waals surface area contributed by atoms with Crippen molar-refractivity contribution in [1.29, 1.82) is 0 Å². The van der Waals surface area contributed by atoms with Gasteiger partial charge in [0.05, 0.1) is 31.2 Å². The molecule has 0 radical (unpaired) electrons. The van der Waals surface area contributed by atoms with E-state index in [1.165, 1.54) is 18.9 Å². The van der Waals surface area contributed by atoms with Crippen LogP contribution in [0.2, 0.25) is 0 Å². The Bertz CT molecular complexity index is 1250. The highest BCUT2D eigenvalue weighted by Gasteiger charge is 2.65. The molecule has 0 bridgehead atoms. The molecule has 4 rings (SSSR count). The molecule has 1 saturated carbocycles. The molecule has 1 saturated heterocycles. The molecule has 39 heavy (non-hydrogen) atoms. The maximum Gasteiger partial charge on any atom is 0.325 e. The topological polar surface area (TPSA) is 155 Å². The van der Waals surface area contributed by atoms with Crippen LogP contribution in [-0.2, 0) is 35.3 Å². The molecule has 6 amide bonds. The number of carbonyl (C=O) groups excluding carboxylic acids is 6. The largest absolute Gasteiger partial charge is 0.468 e. The fourth-order valence-corrected chi connectivity index (χ4v) is 6.21. The zero-order valence-corrected chi connectivity index (χ0v) is 22.5. The summed E-state index contributed by atoms with van der Waals surface area (Å²) in [6, 6.07) is 4.32. The van der Waals surface area contributed by atoms with E-state index in [4.69, 9.17) is 0 Å². The Morgan fingerprint density at radius 2 is 1.87 bits per heavy atom. The maximum atomic E-state index is 13.9. The smallest absolute Gasteiger partial charge is 0.325 e. The zero-order chi connectivity index (χ0) is 28.5. The summed E-state index contributed by atoms with van der Waals surface area (Å²) in [5, 5.41) is 5.16. The Kier molecular flexibility index (Phi) is 7.84. The van der Waals surface area contributed by atoms with Crippen LogP contribution in [0.4, 0.5) is 4.79 Å². The number of aromatic nitrogens is 1. The van der Waals surface area contributed by atoms with E-state index in [1.54, 1.807) is 38.2 Å². The summed E-state index contributed by atoms with van der Waals surface area (Å²) in [7, 11) is 1.17. The van der Waals surface area contributed by atoms with Gasteiger partial charge in [-0.05, 0) is 45.2 Å². The monoisotopic (exact) mass is 539 g/mol. The average Bonchev–Trinajstić information content (AvgIpc) is 3.19. The molecule has 0 spiro atoms. The van der Waals surface area contributed by atoms with Crippen LogP contribution in [0, 0.1) is 17.8 Å². The number of likely N-dealkylation sites (tertiary alicyclic amines) is 1. The Morgan fingerprint density at radius 3 is 2.49 bits per heavy atom. The van der Waals surface area contributed by atoms with Crippen LogP contribution in [0.5, 0.6) is 0 Å². The lowest BCUT2D eigenvalue weighted by Crippen LogP contribution is -2.71. The van der Waals surface area contributed by atoms with E-state index in [2.05, 4.69) is 20.4 Å². The molecular formula is C27H33N5O7. The second kappa shape index (κ2) is 11.0. The number of fused-ring (bicyclic) bond motifs is 3. The SMILES string of the molecule is CCC1=C2CC[C@H]3C(=O)N(CC)C(=O)[C@H]3[C@H]2[C@@](C)(C(=O)NCC(=O)OC)N(C(=O)NCc2ccccn2)C1=O. The summed E-state index contributed by atoms with van der Waals surface area (Å²) in [6.07, 6.45) is 2.53. The van der Waals surface area contributed by atoms with Crippen molar-refractivity contribution in [3.63, 3.8) is 0 Å². The minimum absolute atomic E-state index is 0.0148. The maximum absolute atomic E-state index is 13.9. The van der Waals surface area contributed by atoms with Crippen molar-refractivity contribution in [3.05, 3.63) is 41.2 Å². The summed E-state index contributed by atoms with van der Waals surface area (Å²) < 4.78 is 4.64. The van der Waals surface area contributed by atoms with Crippen molar-refractivity contribution in [2.75, 3.05) is 20.2 Å². The highest BCUT2D eigenvalue weighted by molar-refractivity contribution is 6.12. The van der Waals surface area contributed by atoms with Gasteiger partial charge >= 0.3 is 12.0 Å². The van der Waals surface area contributed by atoms with E-state index in [0.29, 0.717) is 29.7 Å². The van der Waals surface area contributed by atoms with Gasteiger partial charge in [0, 0.05) is 24.2 Å². The Balaban J connectivity index is 1.83. The number of amides is 6. The van der Waals surface area contributed by atoms with Crippen LogP contribution in [0.3, 0.4) is 0 Å². The highest BCUT2D eigenvalue weighted by atomic mass is 16.5. The number of methoxy groups -OCH3 is 1. The third-order valence-electron chi connectivity index (χ3n) is 8.05. The zero-order valence-electron chi connectivity index (χ0n) is 22.5. The number of urea groups is 1. The molecule has 3 heterocycles. The number of esters is 1. The first-order valence-corrected chi connectivity index (χ1v) is 13.1. The van der Waals surface area contributed by atoms with Crippen molar-refractivity contribution in [2.45, 2.75) is 52.1 Å². The third kappa shape index (κ3) is 4.57. The summed E-state index contributed by atoms with van der Waals surface area (Å²) >= 11 is 0. The number of nitrogens with one attached hydrogen (secondary N) is 2. The minimum Gasteiger partial charge on any atom is -0.468 e. The van der Waals surface area contributed by atoms with Gasteiger partial charge in [-0.2, -0.15) is 0 Å². The van der Waals surface area contributed by atoms with Crippen LogP contribution < -0.4 is 10.6 Å². The van der Waals surface area contributed by atoms with Gasteiger partial charge < -0.3 is 15.4 Å². The minimum atomic E-state index is -1.92. The third-order valence-corrected chi connectivity index (χ3v) is 8.05. The number of carbonyl (C=O) groups is 6. The summed E-state index contributed by atoms with van der Waals surface area (Å²) in [4.78, 5) is 86.3. The van der Waals surface area contributed by atoms with E-state index in [-0.39, 0.29) is 25.4 Å². The second-order valence-corrected chi connectivity index (χ2v) is 9.95. The molecule has 1 aliphatic carbocycles.